The van der Waals surface area contributed by atoms with Crippen molar-refractivity contribution in [2.45, 2.75) is 244 Å². The van der Waals surface area contributed by atoms with Gasteiger partial charge in [-0.3, -0.25) is 19.6 Å². The fraction of sp³-hybridized carbons (Fsp3) is 0.770. The smallest absolute Gasteiger partial charge is 0.346 e. The number of aldehydes is 1. The molecule has 0 unspecified atom stereocenters. The Kier molecular flexibility index (Phi) is 19.5. The Labute approximate surface area is 491 Å². The van der Waals surface area contributed by atoms with E-state index in [1.165, 1.54) is 21.0 Å². The fourth-order valence-corrected chi connectivity index (χ4v) is 15.7. The van der Waals surface area contributed by atoms with Crippen LogP contribution < -0.4 is 5.48 Å². The third-order valence-electron chi connectivity index (χ3n) is 20.1. The second-order valence-corrected chi connectivity index (χ2v) is 25.9. The molecule has 6 fully saturated rings. The SMILES string of the molecule is CO[C@@H]1[C@H](O)C[C@@H](O[C@@H]2[C@H](O)C[C@H](O[C@@H]3C[C@H](O[C@@H]4[C@H]5C=C[C@H]6/C(C)=C/C[C@H](O[C@H]7C[C@](C)(N([O-])O)[C@@H](NOC(C)=O)[C@@H](C)O7)/C(C)=C/[C@@H]7C=C(C=O)[C@H](C)C[C@]78OC(=O)C(=C(O)[C@@]6(C)[C@@H]5[C@@H](C)C[C@@H]4C)C8=O)O[C@@H](C)[C@@H]3O)O[C@H]2C)O[C@H]1C. The largest absolute Gasteiger partial charge is 0.762 e. The fourth-order valence-electron chi connectivity index (χ4n) is 15.7. The number of methoxy groups -OCH3 is 1. The molecule has 5 aliphatic heterocycles. The zero-order valence-corrected chi connectivity index (χ0v) is 50.5. The number of Topliss-reactive ketones (excluding diaryl/α,β-unsaturated/α-hetero) is 1. The summed E-state index contributed by atoms with van der Waals surface area (Å²) < 4.78 is 63.1. The second-order valence-electron chi connectivity index (χ2n) is 25.9. The lowest BCUT2D eigenvalue weighted by Crippen LogP contribution is -2.66. The minimum atomic E-state index is -1.86. The van der Waals surface area contributed by atoms with Crippen LogP contribution in [0.2, 0.25) is 0 Å². The molecule has 1 spiro atoms. The van der Waals surface area contributed by atoms with Crippen molar-refractivity contribution in [3.8, 4) is 0 Å². The molecule has 4 aliphatic carbocycles. The molecule has 23 heteroatoms. The van der Waals surface area contributed by atoms with E-state index < -0.39 is 180 Å². The first-order valence-corrected chi connectivity index (χ1v) is 29.9. The Balaban J connectivity index is 1.01. The van der Waals surface area contributed by atoms with Crippen molar-refractivity contribution >= 4 is 24.0 Å². The number of ether oxygens (including phenoxy) is 10. The van der Waals surface area contributed by atoms with Crippen molar-refractivity contribution in [2.24, 2.45) is 46.8 Å². The van der Waals surface area contributed by atoms with E-state index in [-0.39, 0.29) is 55.6 Å². The first kappa shape index (κ1) is 64.6. The van der Waals surface area contributed by atoms with E-state index in [9.17, 15) is 45.2 Å². The average molecular weight is 1190 g/mol. The highest BCUT2D eigenvalue weighted by molar-refractivity contribution is 6.26. The molecule has 9 aliphatic rings. The van der Waals surface area contributed by atoms with Gasteiger partial charge in [0, 0.05) is 69.3 Å². The quantitative estimate of drug-likeness (QED) is 0.0442. The van der Waals surface area contributed by atoms with Gasteiger partial charge in [0.1, 0.15) is 35.9 Å². The summed E-state index contributed by atoms with van der Waals surface area (Å²) >= 11 is 0. The van der Waals surface area contributed by atoms with Gasteiger partial charge in [-0.1, -0.05) is 63.6 Å². The van der Waals surface area contributed by atoms with Crippen molar-refractivity contribution in [1.82, 2.24) is 10.7 Å². The van der Waals surface area contributed by atoms with Crippen molar-refractivity contribution < 1.29 is 97.0 Å². The first-order valence-electron chi connectivity index (χ1n) is 29.9. The molecule has 5 saturated heterocycles. The predicted molar refractivity (Wildman–Crippen MR) is 296 cm³/mol. The zero-order chi connectivity index (χ0) is 61.2. The molecule has 0 aromatic heterocycles. The van der Waals surface area contributed by atoms with Crippen LogP contribution >= 0.6 is 0 Å². The number of rotatable bonds is 13. The summed E-state index contributed by atoms with van der Waals surface area (Å²) in [5.41, 5.74) is -0.976. The van der Waals surface area contributed by atoms with E-state index in [1.807, 2.05) is 26.0 Å². The molecule has 27 atom stereocenters. The molecule has 2 bridgehead atoms. The minimum Gasteiger partial charge on any atom is -0.762 e. The van der Waals surface area contributed by atoms with Crippen LogP contribution in [-0.2, 0) is 71.4 Å². The van der Waals surface area contributed by atoms with Crippen molar-refractivity contribution in [1.29, 1.82) is 0 Å². The molecule has 0 aromatic rings. The normalized spacial score (nSPS) is 48.6. The lowest BCUT2D eigenvalue weighted by Gasteiger charge is -2.56. The second kappa shape index (κ2) is 25.3. The summed E-state index contributed by atoms with van der Waals surface area (Å²) in [6.45, 7) is 21.1. The van der Waals surface area contributed by atoms with Gasteiger partial charge in [-0.25, -0.2) is 4.79 Å². The van der Waals surface area contributed by atoms with Gasteiger partial charge in [-0.15, -0.1) is 5.48 Å². The Morgan fingerprint density at radius 3 is 2.02 bits per heavy atom. The number of nitrogens with zero attached hydrogens (tertiary/aromatic N) is 1. The highest BCUT2D eigenvalue weighted by Crippen LogP contribution is 2.61. The molecular weight excluding hydrogens is 1100 g/mol. The van der Waals surface area contributed by atoms with Gasteiger partial charge >= 0.3 is 11.9 Å². The molecule has 470 valence electrons. The summed E-state index contributed by atoms with van der Waals surface area (Å²) in [5.74, 6) is -6.01. The number of nitrogens with one attached hydrogen (secondary N) is 1. The summed E-state index contributed by atoms with van der Waals surface area (Å²) in [7, 11) is 1.50. The number of aliphatic hydroxyl groups excluding tert-OH is 4. The van der Waals surface area contributed by atoms with Gasteiger partial charge in [0.2, 0.25) is 5.78 Å². The topological polar surface area (TPSA) is 309 Å². The number of fused-ring (bicyclic) bond motifs is 4. The van der Waals surface area contributed by atoms with E-state index in [1.54, 1.807) is 53.7 Å². The number of allylic oxidation sites excluding steroid dienone is 4. The Bertz CT molecular complexity index is 2580. The highest BCUT2D eigenvalue weighted by atomic mass is 16.8. The summed E-state index contributed by atoms with van der Waals surface area (Å²) in [5, 5.41) is 70.1. The van der Waals surface area contributed by atoms with E-state index in [0.29, 0.717) is 17.6 Å². The molecule has 0 aromatic carbocycles. The summed E-state index contributed by atoms with van der Waals surface area (Å²) in [6.07, 6.45) is -2.06. The van der Waals surface area contributed by atoms with E-state index in [2.05, 4.69) is 25.4 Å². The lowest BCUT2D eigenvalue weighted by molar-refractivity contribution is -0.335. The number of hydroxylamine groups is 3. The van der Waals surface area contributed by atoms with Gasteiger partial charge in [0.25, 0.3) is 0 Å². The number of hydrogen-bond donors (Lipinski definition) is 6. The van der Waals surface area contributed by atoms with Crippen LogP contribution in [0.15, 0.2) is 58.4 Å². The van der Waals surface area contributed by atoms with Crippen LogP contribution in [0.1, 0.15) is 128 Å². The number of carbonyl (C=O) groups excluding carboxylic acids is 4. The third kappa shape index (κ3) is 12.1. The maximum Gasteiger partial charge on any atom is 0.346 e. The molecule has 6 N–H and O–H groups in total. The van der Waals surface area contributed by atoms with Crippen molar-refractivity contribution in [3.63, 3.8) is 0 Å². The van der Waals surface area contributed by atoms with Crippen LogP contribution in [-0.4, -0.2) is 178 Å². The number of aliphatic hydroxyl groups is 4. The number of hydrogen-bond acceptors (Lipinski definition) is 23. The number of carbonyl (C=O) groups is 4. The van der Waals surface area contributed by atoms with E-state index in [0.717, 1.165) is 11.9 Å². The Hall–Kier alpha value is -3.86. The minimum absolute atomic E-state index is 0.0125. The average Bonchev–Trinajstić information content (AvgIpc) is 1.36. The van der Waals surface area contributed by atoms with Crippen molar-refractivity contribution in [3.05, 3.63) is 63.6 Å². The molecule has 0 amide bonds. The molecular formula is C61H89N2O21-. The van der Waals surface area contributed by atoms with Crippen molar-refractivity contribution in [2.75, 3.05) is 7.11 Å². The number of ketones is 1. The lowest BCUT2D eigenvalue weighted by atomic mass is 9.49. The van der Waals surface area contributed by atoms with Crippen LogP contribution in [0.4, 0.5) is 0 Å². The molecule has 0 radical (unpaired) electrons. The molecule has 1 saturated carbocycles. The molecule has 9 rings (SSSR count). The van der Waals surface area contributed by atoms with Gasteiger partial charge in [0.15, 0.2) is 30.8 Å². The molecule has 84 heavy (non-hydrogen) atoms. The van der Waals surface area contributed by atoms with Gasteiger partial charge < -0.3 is 83.0 Å². The first-order chi connectivity index (χ1) is 39.6. The molecule has 23 nitrogen and oxygen atoms in total. The maximum atomic E-state index is 15.5. The molecule has 5 heterocycles. The van der Waals surface area contributed by atoms with Crippen LogP contribution in [0.25, 0.3) is 0 Å². The van der Waals surface area contributed by atoms with Crippen LogP contribution in [0, 0.1) is 52.0 Å². The van der Waals surface area contributed by atoms with Gasteiger partial charge in [0.05, 0.1) is 66.5 Å². The summed E-state index contributed by atoms with van der Waals surface area (Å²) in [4.78, 5) is 59.7. The van der Waals surface area contributed by atoms with Crippen LogP contribution in [0.3, 0.4) is 0 Å². The highest BCUT2D eigenvalue weighted by Gasteiger charge is 2.64. The predicted octanol–water partition coefficient (Wildman–Crippen LogP) is 5.40. The number of esters is 1. The standard InChI is InChI=1S/C61H89N2O21/c1-27-14-17-43(79-48-25-59(11,63(72)73)55(35(9)78-48)62-84-36(10)65)28(2)19-38-20-37(26-64)31(5)24-61(38)57(70)49(58(71)83-61)56(69)60(12)40(27)16-15-39-50(60)29(3)18-30(4)52(39)81-47-23-44(51(68)32(6)75-47)80-45-22-42(67)54(34(8)77-45)82-46-21-41(66)53(74-13)33(7)76-46/h14-16,19-20,26,29-35,38-48,50-55,62,66-69,72H,17-18,21-25H2,1-13H3/q-1/b27-14+,28-19+,56-49?/t29-,30-,31+,32-,33-,34-,35+,38+,39-,40-,41+,42+,43-,44+,45-,46+,47-,48-,50+,51-,52-,53-,54-,55-,59-,60+,61-/m0/s1. The Morgan fingerprint density at radius 1 is 0.774 bits per heavy atom. The van der Waals surface area contributed by atoms with Gasteiger partial charge in [-0.2, -0.15) is 0 Å². The van der Waals surface area contributed by atoms with Gasteiger partial charge in [-0.05, 0) is 96.1 Å². The van der Waals surface area contributed by atoms with Crippen LogP contribution in [0.5, 0.6) is 0 Å². The zero-order valence-electron chi connectivity index (χ0n) is 50.5. The third-order valence-corrected chi connectivity index (χ3v) is 20.1. The Morgan fingerprint density at radius 2 is 1.39 bits per heavy atom. The summed E-state index contributed by atoms with van der Waals surface area (Å²) in [6, 6.07) is -0.990. The maximum absolute atomic E-state index is 15.5. The van der Waals surface area contributed by atoms with E-state index >= 15 is 4.79 Å². The monoisotopic (exact) mass is 1190 g/mol. The van der Waals surface area contributed by atoms with E-state index in [4.69, 9.17) is 52.2 Å².